The van der Waals surface area contributed by atoms with Crippen molar-refractivity contribution < 1.29 is 13.2 Å². The number of hydrazine groups is 1. The molecule has 0 radical (unpaired) electrons. The smallest absolute Gasteiger partial charge is 0.253 e. The van der Waals surface area contributed by atoms with Crippen molar-refractivity contribution in [2.75, 3.05) is 12.8 Å². The number of sulfonamides is 1. The van der Waals surface area contributed by atoms with Gasteiger partial charge in [0.1, 0.15) is 5.75 Å². The van der Waals surface area contributed by atoms with Gasteiger partial charge in [0.05, 0.1) is 17.7 Å². The third-order valence-electron chi connectivity index (χ3n) is 3.93. The molecule has 0 spiro atoms. The van der Waals surface area contributed by atoms with E-state index in [9.17, 15) is 8.42 Å². The van der Waals surface area contributed by atoms with Crippen molar-refractivity contribution in [3.63, 3.8) is 0 Å². The summed E-state index contributed by atoms with van der Waals surface area (Å²) in [5.41, 5.74) is 6.09. The molecule has 0 aliphatic carbocycles. The summed E-state index contributed by atoms with van der Waals surface area (Å²) in [4.78, 5) is 2.83. The van der Waals surface area contributed by atoms with E-state index in [4.69, 9.17) is 10.5 Å². The maximum atomic E-state index is 12.5. The molecule has 1 fully saturated rings. The zero-order valence-corrected chi connectivity index (χ0v) is 13.5. The molecule has 7 heteroatoms. The predicted octanol–water partition coefficient (Wildman–Crippen LogP) is 1.73. The lowest BCUT2D eigenvalue weighted by atomic mass is 10.0. The molecule has 0 aromatic heterocycles. The molecule has 6 nitrogen and oxygen atoms in total. The Labute approximate surface area is 126 Å². The van der Waals surface area contributed by atoms with E-state index in [1.807, 2.05) is 18.9 Å². The number of nitrogens with zero attached hydrogens (tertiary/aromatic N) is 1. The van der Waals surface area contributed by atoms with Crippen LogP contribution in [-0.4, -0.2) is 32.6 Å². The van der Waals surface area contributed by atoms with Crippen LogP contribution in [0.5, 0.6) is 5.75 Å². The van der Waals surface area contributed by atoms with Crippen LogP contribution in [0.4, 0.5) is 5.69 Å². The van der Waals surface area contributed by atoms with E-state index in [1.165, 1.54) is 19.2 Å². The van der Waals surface area contributed by atoms with Gasteiger partial charge in [-0.1, -0.05) is 6.42 Å². The van der Waals surface area contributed by atoms with Crippen LogP contribution in [0.25, 0.3) is 0 Å². The summed E-state index contributed by atoms with van der Waals surface area (Å²) < 4.78 is 30.0. The summed E-state index contributed by atoms with van der Waals surface area (Å²) in [5, 5.41) is 1.82. The van der Waals surface area contributed by atoms with Crippen LogP contribution in [0.1, 0.15) is 33.1 Å². The summed E-state index contributed by atoms with van der Waals surface area (Å²) in [6, 6.07) is 4.84. The highest BCUT2D eigenvalue weighted by atomic mass is 32.2. The van der Waals surface area contributed by atoms with E-state index in [1.54, 1.807) is 6.07 Å². The van der Waals surface area contributed by atoms with Gasteiger partial charge in [-0.3, -0.25) is 0 Å². The van der Waals surface area contributed by atoms with Crippen LogP contribution in [0.2, 0.25) is 0 Å². The third-order valence-corrected chi connectivity index (χ3v) is 5.26. The zero-order chi connectivity index (χ0) is 15.6. The summed E-state index contributed by atoms with van der Waals surface area (Å²) >= 11 is 0. The highest BCUT2D eigenvalue weighted by Gasteiger charge is 2.29. The first-order chi connectivity index (χ1) is 9.85. The summed E-state index contributed by atoms with van der Waals surface area (Å²) in [7, 11) is -2.14. The van der Waals surface area contributed by atoms with Crippen molar-refractivity contribution in [3.8, 4) is 5.75 Å². The fourth-order valence-electron chi connectivity index (χ4n) is 2.67. The lowest BCUT2D eigenvalue weighted by Gasteiger charge is -2.38. The molecule has 0 amide bonds. The van der Waals surface area contributed by atoms with Crippen molar-refractivity contribution >= 4 is 15.7 Å². The minimum atomic E-state index is -3.63. The quantitative estimate of drug-likeness (QED) is 0.827. The average Bonchev–Trinajstić information content (AvgIpc) is 2.43. The van der Waals surface area contributed by atoms with Gasteiger partial charge in [-0.05, 0) is 44.9 Å². The number of hydrogen-bond acceptors (Lipinski definition) is 5. The van der Waals surface area contributed by atoms with Crippen molar-refractivity contribution in [1.82, 2.24) is 9.84 Å². The van der Waals surface area contributed by atoms with Gasteiger partial charge in [0, 0.05) is 12.1 Å². The normalized spacial score (nSPS) is 24.0. The Bertz CT molecular complexity index is 593. The molecule has 1 heterocycles. The van der Waals surface area contributed by atoms with Crippen LogP contribution in [-0.2, 0) is 10.0 Å². The maximum Gasteiger partial charge on any atom is 0.253 e. The molecule has 3 N–H and O–H groups in total. The second-order valence-corrected chi connectivity index (χ2v) is 7.20. The monoisotopic (exact) mass is 313 g/mol. The van der Waals surface area contributed by atoms with Gasteiger partial charge in [0.25, 0.3) is 10.0 Å². The molecule has 2 unspecified atom stereocenters. The van der Waals surface area contributed by atoms with E-state index < -0.39 is 10.0 Å². The Morgan fingerprint density at radius 2 is 1.90 bits per heavy atom. The Morgan fingerprint density at radius 3 is 2.43 bits per heavy atom. The molecule has 21 heavy (non-hydrogen) atoms. The lowest BCUT2D eigenvalue weighted by Crippen LogP contribution is -2.53. The van der Waals surface area contributed by atoms with Gasteiger partial charge in [-0.15, -0.1) is 4.83 Å². The minimum Gasteiger partial charge on any atom is -0.495 e. The molecule has 2 rings (SSSR count). The van der Waals surface area contributed by atoms with E-state index in [-0.39, 0.29) is 17.0 Å². The molecule has 1 aromatic carbocycles. The molecular weight excluding hydrogens is 290 g/mol. The fourth-order valence-corrected chi connectivity index (χ4v) is 3.94. The van der Waals surface area contributed by atoms with E-state index in [0.717, 1.165) is 19.3 Å². The number of rotatable bonds is 4. The molecular formula is C14H23N3O3S. The van der Waals surface area contributed by atoms with E-state index in [0.29, 0.717) is 11.4 Å². The number of piperidine rings is 1. The van der Waals surface area contributed by atoms with Gasteiger partial charge >= 0.3 is 0 Å². The minimum absolute atomic E-state index is 0.144. The molecule has 1 aliphatic heterocycles. The Kier molecular flexibility index (Phi) is 4.75. The van der Waals surface area contributed by atoms with E-state index in [2.05, 4.69) is 4.83 Å². The topological polar surface area (TPSA) is 84.7 Å². The molecule has 1 aromatic rings. The SMILES string of the molecule is COc1ccc(S(=O)(=O)NN2C(C)CCCC2C)cc1N. The summed E-state index contributed by atoms with van der Waals surface area (Å²) in [6.45, 7) is 4.06. The molecule has 118 valence electrons. The van der Waals surface area contributed by atoms with Crippen LogP contribution in [0, 0.1) is 0 Å². The standard InChI is InChI=1S/C14H23N3O3S/c1-10-5-4-6-11(2)17(10)16-21(18,19)12-7-8-14(20-3)13(15)9-12/h7-11,16H,4-6,15H2,1-3H3. The van der Waals surface area contributed by atoms with Crippen molar-refractivity contribution in [2.45, 2.75) is 50.1 Å². The van der Waals surface area contributed by atoms with E-state index >= 15 is 0 Å². The Hall–Kier alpha value is -1.31. The molecule has 1 aliphatic rings. The highest BCUT2D eigenvalue weighted by Crippen LogP contribution is 2.26. The van der Waals surface area contributed by atoms with Crippen LogP contribution in [0.3, 0.4) is 0 Å². The first-order valence-electron chi connectivity index (χ1n) is 7.09. The second kappa shape index (κ2) is 6.21. The van der Waals surface area contributed by atoms with Gasteiger partial charge in [0.2, 0.25) is 0 Å². The molecule has 2 atom stereocenters. The Morgan fingerprint density at radius 1 is 1.29 bits per heavy atom. The molecule has 1 saturated heterocycles. The first kappa shape index (κ1) is 16.1. The summed E-state index contributed by atoms with van der Waals surface area (Å²) in [6.07, 6.45) is 3.09. The number of hydrogen-bond donors (Lipinski definition) is 2. The average molecular weight is 313 g/mol. The number of nitrogen functional groups attached to an aromatic ring is 1. The second-order valence-electron chi connectivity index (χ2n) is 5.53. The molecule has 0 bridgehead atoms. The predicted molar refractivity (Wildman–Crippen MR) is 82.3 cm³/mol. The lowest BCUT2D eigenvalue weighted by molar-refractivity contribution is 0.0790. The van der Waals surface area contributed by atoms with Gasteiger partial charge in [-0.2, -0.15) is 0 Å². The number of anilines is 1. The van der Waals surface area contributed by atoms with Crippen LogP contribution < -0.4 is 15.3 Å². The number of nitrogens with one attached hydrogen (secondary N) is 1. The zero-order valence-electron chi connectivity index (χ0n) is 12.7. The largest absolute Gasteiger partial charge is 0.495 e. The van der Waals surface area contributed by atoms with Crippen molar-refractivity contribution in [3.05, 3.63) is 18.2 Å². The number of ether oxygens (including phenoxy) is 1. The Balaban J connectivity index is 2.23. The maximum absolute atomic E-state index is 12.5. The van der Waals surface area contributed by atoms with Crippen LogP contribution in [0.15, 0.2) is 23.1 Å². The third kappa shape index (κ3) is 3.48. The number of benzene rings is 1. The fraction of sp³-hybridized carbons (Fsp3) is 0.571. The number of nitrogens with two attached hydrogens (primary N) is 1. The molecule has 0 saturated carbocycles. The van der Waals surface area contributed by atoms with Gasteiger partial charge in [0.15, 0.2) is 0 Å². The van der Waals surface area contributed by atoms with Crippen molar-refractivity contribution in [1.29, 1.82) is 0 Å². The van der Waals surface area contributed by atoms with Gasteiger partial charge in [-0.25, -0.2) is 13.4 Å². The van der Waals surface area contributed by atoms with Crippen LogP contribution >= 0.6 is 0 Å². The first-order valence-corrected chi connectivity index (χ1v) is 8.58. The highest BCUT2D eigenvalue weighted by molar-refractivity contribution is 7.89. The van der Waals surface area contributed by atoms with Gasteiger partial charge < -0.3 is 10.5 Å². The number of methoxy groups -OCH3 is 1. The van der Waals surface area contributed by atoms with Crippen molar-refractivity contribution in [2.24, 2.45) is 0 Å². The summed E-state index contributed by atoms with van der Waals surface area (Å²) in [5.74, 6) is 0.466.